The van der Waals surface area contributed by atoms with Gasteiger partial charge in [-0.05, 0) is 18.6 Å². The summed E-state index contributed by atoms with van der Waals surface area (Å²) in [5, 5.41) is 11.5. The molecule has 0 aliphatic rings. The molecule has 0 amide bonds. The van der Waals surface area contributed by atoms with Crippen LogP contribution in [-0.2, 0) is 0 Å². The number of hydrogen-bond acceptors (Lipinski definition) is 3. The summed E-state index contributed by atoms with van der Waals surface area (Å²) in [6, 6.07) is 4.00. The summed E-state index contributed by atoms with van der Waals surface area (Å²) in [7, 11) is 0. The zero-order valence-electron chi connectivity index (χ0n) is 11.7. The molecule has 1 heterocycles. The summed E-state index contributed by atoms with van der Waals surface area (Å²) in [6.45, 7) is 3.23. The van der Waals surface area contributed by atoms with Gasteiger partial charge in [-0.15, -0.1) is 0 Å². The number of anilines is 2. The summed E-state index contributed by atoms with van der Waals surface area (Å²) in [6.07, 6.45) is 9.64. The first-order valence-electron chi connectivity index (χ1n) is 7.27. The minimum absolute atomic E-state index is 0.792. The molecular formula is C15H24N4. The number of nitrogens with one attached hydrogen (secondary N) is 2. The zero-order valence-corrected chi connectivity index (χ0v) is 11.7. The second-order valence-corrected chi connectivity index (χ2v) is 5.09. The van der Waals surface area contributed by atoms with Crippen molar-refractivity contribution in [3.8, 4) is 0 Å². The van der Waals surface area contributed by atoms with Crippen LogP contribution in [0, 0.1) is 0 Å². The number of benzene rings is 1. The number of aromatic amines is 1. The SMILES string of the molecule is CCCCCCCCNc1cc2[nH]ncc2cc1N. The van der Waals surface area contributed by atoms with Gasteiger partial charge in [0.15, 0.2) is 0 Å². The molecule has 1 aromatic carbocycles. The van der Waals surface area contributed by atoms with Crippen molar-refractivity contribution in [3.63, 3.8) is 0 Å². The van der Waals surface area contributed by atoms with Crippen LogP contribution in [0.25, 0.3) is 10.9 Å². The third-order valence-corrected chi connectivity index (χ3v) is 3.46. The van der Waals surface area contributed by atoms with E-state index >= 15 is 0 Å². The predicted molar refractivity (Wildman–Crippen MR) is 82.4 cm³/mol. The van der Waals surface area contributed by atoms with E-state index in [1.807, 2.05) is 12.1 Å². The molecule has 1 aromatic heterocycles. The van der Waals surface area contributed by atoms with Gasteiger partial charge in [0.2, 0.25) is 0 Å². The van der Waals surface area contributed by atoms with Crippen molar-refractivity contribution in [2.75, 3.05) is 17.6 Å². The van der Waals surface area contributed by atoms with Gasteiger partial charge < -0.3 is 11.1 Å². The molecule has 4 nitrogen and oxygen atoms in total. The minimum Gasteiger partial charge on any atom is -0.397 e. The predicted octanol–water partition coefficient (Wildman–Crippen LogP) is 3.92. The Bertz CT molecular complexity index is 504. The Morgan fingerprint density at radius 3 is 2.79 bits per heavy atom. The molecule has 4 heteroatoms. The van der Waals surface area contributed by atoms with Crippen molar-refractivity contribution < 1.29 is 0 Å². The van der Waals surface area contributed by atoms with Crippen LogP contribution in [0.4, 0.5) is 11.4 Å². The highest BCUT2D eigenvalue weighted by Crippen LogP contribution is 2.24. The van der Waals surface area contributed by atoms with Crippen LogP contribution in [0.3, 0.4) is 0 Å². The van der Waals surface area contributed by atoms with Crippen molar-refractivity contribution in [1.82, 2.24) is 10.2 Å². The lowest BCUT2D eigenvalue weighted by Gasteiger charge is -2.09. The number of H-pyrrole nitrogens is 1. The van der Waals surface area contributed by atoms with Crippen molar-refractivity contribution >= 4 is 22.3 Å². The lowest BCUT2D eigenvalue weighted by Crippen LogP contribution is -2.04. The Morgan fingerprint density at radius 2 is 1.95 bits per heavy atom. The molecule has 0 saturated heterocycles. The maximum Gasteiger partial charge on any atom is 0.0672 e. The van der Waals surface area contributed by atoms with Crippen LogP contribution >= 0.6 is 0 Å². The van der Waals surface area contributed by atoms with Crippen molar-refractivity contribution in [3.05, 3.63) is 18.3 Å². The number of nitrogens with two attached hydrogens (primary N) is 1. The van der Waals surface area contributed by atoms with Gasteiger partial charge >= 0.3 is 0 Å². The zero-order chi connectivity index (χ0) is 13.5. The molecule has 0 aliphatic carbocycles. The third kappa shape index (κ3) is 3.88. The Kier molecular flexibility index (Phi) is 5.07. The Hall–Kier alpha value is -1.71. The molecule has 0 spiro atoms. The molecule has 104 valence electrons. The van der Waals surface area contributed by atoms with Crippen molar-refractivity contribution in [1.29, 1.82) is 0 Å². The molecule has 0 unspecified atom stereocenters. The fourth-order valence-electron chi connectivity index (χ4n) is 2.29. The molecule has 2 aromatic rings. The molecule has 4 N–H and O–H groups in total. The number of fused-ring (bicyclic) bond motifs is 1. The molecule has 0 saturated carbocycles. The van der Waals surface area contributed by atoms with E-state index in [1.54, 1.807) is 6.20 Å². The van der Waals surface area contributed by atoms with E-state index in [0.29, 0.717) is 0 Å². The summed E-state index contributed by atoms with van der Waals surface area (Å²) < 4.78 is 0. The normalized spacial score (nSPS) is 11.0. The molecule has 19 heavy (non-hydrogen) atoms. The van der Waals surface area contributed by atoms with E-state index in [2.05, 4.69) is 22.4 Å². The minimum atomic E-state index is 0.792. The highest BCUT2D eigenvalue weighted by atomic mass is 15.1. The van der Waals surface area contributed by atoms with Crippen LogP contribution in [0.2, 0.25) is 0 Å². The number of nitrogens with zero attached hydrogens (tertiary/aromatic N) is 1. The van der Waals surface area contributed by atoms with Crippen LogP contribution in [0.15, 0.2) is 18.3 Å². The maximum atomic E-state index is 6.02. The first-order chi connectivity index (χ1) is 9.31. The van der Waals surface area contributed by atoms with Crippen LogP contribution < -0.4 is 11.1 Å². The molecule has 0 aliphatic heterocycles. The Labute approximate surface area is 114 Å². The average molecular weight is 260 g/mol. The topological polar surface area (TPSA) is 66.7 Å². The lowest BCUT2D eigenvalue weighted by atomic mass is 10.1. The van der Waals surface area contributed by atoms with Gasteiger partial charge in [-0.1, -0.05) is 39.0 Å². The number of unbranched alkanes of at least 4 members (excludes halogenated alkanes) is 5. The smallest absolute Gasteiger partial charge is 0.0672 e. The highest BCUT2D eigenvalue weighted by Gasteiger charge is 2.02. The monoisotopic (exact) mass is 260 g/mol. The second-order valence-electron chi connectivity index (χ2n) is 5.09. The third-order valence-electron chi connectivity index (χ3n) is 3.46. The fourth-order valence-corrected chi connectivity index (χ4v) is 2.29. The number of hydrogen-bond donors (Lipinski definition) is 3. The Balaban J connectivity index is 1.76. The van der Waals surface area contributed by atoms with E-state index in [9.17, 15) is 0 Å². The molecule has 0 fully saturated rings. The lowest BCUT2D eigenvalue weighted by molar-refractivity contribution is 0.617. The van der Waals surface area contributed by atoms with Crippen molar-refractivity contribution in [2.24, 2.45) is 0 Å². The first-order valence-corrected chi connectivity index (χ1v) is 7.27. The van der Waals surface area contributed by atoms with E-state index in [4.69, 9.17) is 5.73 Å². The van der Waals surface area contributed by atoms with Crippen LogP contribution in [-0.4, -0.2) is 16.7 Å². The maximum absolute atomic E-state index is 6.02. The molecule has 0 atom stereocenters. The fraction of sp³-hybridized carbons (Fsp3) is 0.533. The first kappa shape index (κ1) is 13.7. The van der Waals surface area contributed by atoms with Gasteiger partial charge in [0.1, 0.15) is 0 Å². The standard InChI is InChI=1S/C15H24N4/c1-2-3-4-5-6-7-8-17-15-10-14-12(9-13(15)16)11-18-19-14/h9-11,17H,2-8,16H2,1H3,(H,18,19). The van der Waals surface area contributed by atoms with E-state index in [0.717, 1.165) is 28.8 Å². The van der Waals surface area contributed by atoms with Gasteiger partial charge in [-0.2, -0.15) is 5.10 Å². The molecular weight excluding hydrogens is 236 g/mol. The van der Waals surface area contributed by atoms with Crippen LogP contribution in [0.1, 0.15) is 45.4 Å². The van der Waals surface area contributed by atoms with Crippen molar-refractivity contribution in [2.45, 2.75) is 45.4 Å². The molecule has 2 rings (SSSR count). The summed E-state index contributed by atoms with van der Waals surface area (Å²) in [5.74, 6) is 0. The molecule has 0 bridgehead atoms. The number of nitrogen functional groups attached to an aromatic ring is 1. The number of rotatable bonds is 8. The summed E-state index contributed by atoms with van der Waals surface area (Å²) in [5.41, 5.74) is 8.85. The van der Waals surface area contributed by atoms with Gasteiger partial charge in [0.25, 0.3) is 0 Å². The van der Waals surface area contributed by atoms with E-state index < -0.39 is 0 Å². The van der Waals surface area contributed by atoms with Gasteiger partial charge in [-0.25, -0.2) is 0 Å². The highest BCUT2D eigenvalue weighted by molar-refractivity contribution is 5.88. The van der Waals surface area contributed by atoms with Crippen LogP contribution in [0.5, 0.6) is 0 Å². The quantitative estimate of drug-likeness (QED) is 0.498. The number of aromatic nitrogens is 2. The summed E-state index contributed by atoms with van der Waals surface area (Å²) >= 11 is 0. The summed E-state index contributed by atoms with van der Waals surface area (Å²) in [4.78, 5) is 0. The van der Waals surface area contributed by atoms with Gasteiger partial charge in [0, 0.05) is 11.9 Å². The van der Waals surface area contributed by atoms with Gasteiger partial charge in [-0.3, -0.25) is 5.10 Å². The average Bonchev–Trinajstić information content (AvgIpc) is 2.84. The van der Waals surface area contributed by atoms with E-state index in [-0.39, 0.29) is 0 Å². The molecule has 0 radical (unpaired) electrons. The largest absolute Gasteiger partial charge is 0.397 e. The second kappa shape index (κ2) is 7.02. The Morgan fingerprint density at radius 1 is 1.16 bits per heavy atom. The van der Waals surface area contributed by atoms with Gasteiger partial charge in [0.05, 0.1) is 23.1 Å². The van der Waals surface area contributed by atoms with E-state index in [1.165, 1.54) is 38.5 Å².